The van der Waals surface area contributed by atoms with Crippen molar-refractivity contribution < 1.29 is 17.9 Å². The highest BCUT2D eigenvalue weighted by atomic mass is 32.1. The molecule has 0 atom stereocenters. The Balaban J connectivity index is 2.10. The first kappa shape index (κ1) is 13.2. The molecule has 0 saturated heterocycles. The zero-order valence-electron chi connectivity index (χ0n) is 10.3. The number of ether oxygens (including phenoxy) is 1. The van der Waals surface area contributed by atoms with Crippen molar-refractivity contribution in [2.75, 3.05) is 6.61 Å². The summed E-state index contributed by atoms with van der Waals surface area (Å²) in [5.41, 5.74) is 1.29. The van der Waals surface area contributed by atoms with E-state index in [2.05, 4.69) is 4.98 Å². The van der Waals surface area contributed by atoms with Crippen molar-refractivity contribution in [2.24, 2.45) is 0 Å². The Kier molecular flexibility index (Phi) is 3.05. The standard InChI is InChI=1S/C14H10F3NOS/c15-14(16,17)10-6-11(18-13(20)7-10)8-1-2-12-9(5-8)3-4-19-12/h1-2,5-7H,3-4H2,(H,18,20). The van der Waals surface area contributed by atoms with Crippen LogP contribution in [0.5, 0.6) is 5.75 Å². The van der Waals surface area contributed by atoms with Gasteiger partial charge in [-0.15, -0.1) is 0 Å². The maximum atomic E-state index is 12.8. The molecule has 0 saturated carbocycles. The van der Waals surface area contributed by atoms with E-state index in [9.17, 15) is 13.2 Å². The number of hydrogen-bond donors (Lipinski definition) is 1. The lowest BCUT2D eigenvalue weighted by molar-refractivity contribution is -0.137. The van der Waals surface area contributed by atoms with Crippen molar-refractivity contribution >= 4 is 12.2 Å². The molecule has 1 aliphatic rings. The third-order valence-electron chi connectivity index (χ3n) is 3.17. The van der Waals surface area contributed by atoms with Crippen LogP contribution in [0, 0.1) is 4.64 Å². The van der Waals surface area contributed by atoms with Crippen LogP contribution < -0.4 is 4.74 Å². The third kappa shape index (κ3) is 2.43. The van der Waals surface area contributed by atoms with E-state index in [1.54, 1.807) is 12.1 Å². The zero-order valence-corrected chi connectivity index (χ0v) is 11.1. The van der Waals surface area contributed by atoms with Gasteiger partial charge in [-0.1, -0.05) is 12.2 Å². The molecule has 1 aliphatic heterocycles. The predicted octanol–water partition coefficient (Wildman–Crippen LogP) is 4.36. The Morgan fingerprint density at radius 2 is 1.95 bits per heavy atom. The van der Waals surface area contributed by atoms with E-state index >= 15 is 0 Å². The summed E-state index contributed by atoms with van der Waals surface area (Å²) in [5, 5.41) is 0. The first-order valence-corrected chi connectivity index (χ1v) is 6.42. The molecule has 2 heterocycles. The molecule has 0 radical (unpaired) electrons. The van der Waals surface area contributed by atoms with Gasteiger partial charge in [0.05, 0.1) is 12.2 Å². The van der Waals surface area contributed by atoms with Crippen LogP contribution in [0.25, 0.3) is 11.3 Å². The van der Waals surface area contributed by atoms with E-state index in [4.69, 9.17) is 17.0 Å². The minimum Gasteiger partial charge on any atom is -0.493 e. The number of rotatable bonds is 1. The molecule has 104 valence electrons. The summed E-state index contributed by atoms with van der Waals surface area (Å²) in [6, 6.07) is 7.34. The number of aromatic amines is 1. The van der Waals surface area contributed by atoms with E-state index < -0.39 is 11.7 Å². The molecule has 2 aromatic rings. The lowest BCUT2D eigenvalue weighted by Gasteiger charge is -2.10. The number of aromatic nitrogens is 1. The fourth-order valence-electron chi connectivity index (χ4n) is 2.22. The smallest absolute Gasteiger partial charge is 0.416 e. The topological polar surface area (TPSA) is 25.0 Å². The number of fused-ring (bicyclic) bond motifs is 1. The molecular weight excluding hydrogens is 287 g/mol. The first-order chi connectivity index (χ1) is 9.43. The number of H-pyrrole nitrogens is 1. The highest BCUT2D eigenvalue weighted by Crippen LogP contribution is 2.33. The molecule has 20 heavy (non-hydrogen) atoms. The third-order valence-corrected chi connectivity index (χ3v) is 3.39. The highest BCUT2D eigenvalue weighted by molar-refractivity contribution is 7.71. The van der Waals surface area contributed by atoms with Crippen molar-refractivity contribution in [1.82, 2.24) is 4.98 Å². The van der Waals surface area contributed by atoms with Crippen LogP contribution in [0.3, 0.4) is 0 Å². The Bertz CT molecular complexity index is 721. The summed E-state index contributed by atoms with van der Waals surface area (Å²) in [4.78, 5) is 2.80. The van der Waals surface area contributed by atoms with Crippen LogP contribution in [0.1, 0.15) is 11.1 Å². The fourth-order valence-corrected chi connectivity index (χ4v) is 2.45. The Labute approximate surface area is 118 Å². The van der Waals surface area contributed by atoms with Gasteiger partial charge >= 0.3 is 6.18 Å². The summed E-state index contributed by atoms with van der Waals surface area (Å²) >= 11 is 4.88. The maximum Gasteiger partial charge on any atom is 0.416 e. The minimum absolute atomic E-state index is 0.0616. The van der Waals surface area contributed by atoms with Crippen molar-refractivity contribution in [3.8, 4) is 17.0 Å². The van der Waals surface area contributed by atoms with Gasteiger partial charge in [0, 0.05) is 12.1 Å². The average Bonchev–Trinajstić information content (AvgIpc) is 2.84. The second kappa shape index (κ2) is 4.63. The summed E-state index contributed by atoms with van der Waals surface area (Å²) in [7, 11) is 0. The molecule has 2 nitrogen and oxygen atoms in total. The summed E-state index contributed by atoms with van der Waals surface area (Å²) in [6.07, 6.45) is -3.64. The fraction of sp³-hybridized carbons (Fsp3) is 0.214. The van der Waals surface area contributed by atoms with Gasteiger partial charge in [-0.3, -0.25) is 0 Å². The van der Waals surface area contributed by atoms with Gasteiger partial charge < -0.3 is 9.72 Å². The van der Waals surface area contributed by atoms with E-state index in [-0.39, 0.29) is 4.64 Å². The van der Waals surface area contributed by atoms with Crippen molar-refractivity contribution in [2.45, 2.75) is 12.6 Å². The molecule has 3 rings (SSSR count). The van der Waals surface area contributed by atoms with Gasteiger partial charge in [0.1, 0.15) is 10.4 Å². The summed E-state index contributed by atoms with van der Waals surface area (Å²) in [5.74, 6) is 0.791. The van der Waals surface area contributed by atoms with Crippen molar-refractivity contribution in [3.63, 3.8) is 0 Å². The molecule has 6 heteroatoms. The molecule has 1 N–H and O–H groups in total. The minimum atomic E-state index is -4.41. The number of halogens is 3. The molecule has 1 aromatic carbocycles. The van der Waals surface area contributed by atoms with Gasteiger partial charge in [0.25, 0.3) is 0 Å². The van der Waals surface area contributed by atoms with Crippen molar-refractivity contribution in [3.05, 3.63) is 46.1 Å². The van der Waals surface area contributed by atoms with Crippen LogP contribution >= 0.6 is 12.2 Å². The molecule has 1 aromatic heterocycles. The first-order valence-electron chi connectivity index (χ1n) is 6.01. The SMILES string of the molecule is FC(F)(F)c1cc(-c2ccc3c(c2)CCO3)[nH]c(=S)c1. The van der Waals surface area contributed by atoms with Gasteiger partial charge in [0.15, 0.2) is 0 Å². The normalized spacial score (nSPS) is 13.9. The Morgan fingerprint density at radius 1 is 1.15 bits per heavy atom. The Morgan fingerprint density at radius 3 is 2.70 bits per heavy atom. The molecule has 0 amide bonds. The predicted molar refractivity (Wildman–Crippen MR) is 71.3 cm³/mol. The zero-order chi connectivity index (χ0) is 14.3. The average molecular weight is 297 g/mol. The van der Waals surface area contributed by atoms with Crippen LogP contribution in [-0.2, 0) is 12.6 Å². The quantitative estimate of drug-likeness (QED) is 0.791. The molecule has 0 spiro atoms. The summed E-state index contributed by atoms with van der Waals surface area (Å²) in [6.45, 7) is 0.609. The van der Waals surface area contributed by atoms with Gasteiger partial charge in [-0.05, 0) is 41.5 Å². The van der Waals surface area contributed by atoms with E-state index in [0.29, 0.717) is 17.9 Å². The van der Waals surface area contributed by atoms with E-state index in [0.717, 1.165) is 29.9 Å². The number of hydrogen-bond acceptors (Lipinski definition) is 2. The van der Waals surface area contributed by atoms with Gasteiger partial charge in [-0.25, -0.2) is 0 Å². The molecule has 0 aliphatic carbocycles. The van der Waals surface area contributed by atoms with Crippen LogP contribution in [-0.4, -0.2) is 11.6 Å². The lowest BCUT2D eigenvalue weighted by Crippen LogP contribution is -2.05. The molecular formula is C14H10F3NOS. The molecule has 0 bridgehead atoms. The number of alkyl halides is 3. The number of pyridine rings is 1. The van der Waals surface area contributed by atoms with Crippen LogP contribution in [0.2, 0.25) is 0 Å². The van der Waals surface area contributed by atoms with E-state index in [1.165, 1.54) is 0 Å². The van der Waals surface area contributed by atoms with Crippen LogP contribution in [0.4, 0.5) is 13.2 Å². The second-order valence-corrected chi connectivity index (χ2v) is 5.01. The monoisotopic (exact) mass is 297 g/mol. The summed E-state index contributed by atoms with van der Waals surface area (Å²) < 4.78 is 43.9. The highest BCUT2D eigenvalue weighted by Gasteiger charge is 2.31. The van der Waals surface area contributed by atoms with Gasteiger partial charge in [0.2, 0.25) is 0 Å². The second-order valence-electron chi connectivity index (χ2n) is 4.57. The molecule has 0 fully saturated rings. The van der Waals surface area contributed by atoms with Crippen LogP contribution in [0.15, 0.2) is 30.3 Å². The Hall–Kier alpha value is -1.82. The maximum absolute atomic E-state index is 12.8. The number of nitrogens with one attached hydrogen (secondary N) is 1. The lowest BCUT2D eigenvalue weighted by atomic mass is 10.0. The van der Waals surface area contributed by atoms with E-state index in [1.807, 2.05) is 6.07 Å². The molecule has 0 unspecified atom stereocenters. The van der Waals surface area contributed by atoms with Gasteiger partial charge in [-0.2, -0.15) is 13.2 Å². The van der Waals surface area contributed by atoms with Crippen molar-refractivity contribution in [1.29, 1.82) is 0 Å². The largest absolute Gasteiger partial charge is 0.493 e. The number of benzene rings is 1.